The Bertz CT molecular complexity index is 1290. The van der Waals surface area contributed by atoms with Gasteiger partial charge < -0.3 is 14.8 Å². The summed E-state index contributed by atoms with van der Waals surface area (Å²) in [6.07, 6.45) is 1.57. The molecule has 1 aliphatic heterocycles. The van der Waals surface area contributed by atoms with Crippen LogP contribution in [0.3, 0.4) is 0 Å². The lowest BCUT2D eigenvalue weighted by Crippen LogP contribution is -2.42. The summed E-state index contributed by atoms with van der Waals surface area (Å²) in [4.78, 5) is 40.5. The first kappa shape index (κ1) is 26.8. The van der Waals surface area contributed by atoms with Gasteiger partial charge in [-0.25, -0.2) is 4.79 Å². The molecular weight excluding hydrogens is 492 g/mol. The topological polar surface area (TPSA) is 142 Å². The van der Waals surface area contributed by atoms with E-state index in [1.165, 1.54) is 12.1 Å². The fourth-order valence-electron chi connectivity index (χ4n) is 4.64. The molecule has 3 aromatic rings. The number of nitro benzene ring substituents is 1. The van der Waals surface area contributed by atoms with E-state index in [1.807, 2.05) is 0 Å². The van der Waals surface area contributed by atoms with Crippen LogP contribution in [-0.4, -0.2) is 51.6 Å². The van der Waals surface area contributed by atoms with Crippen molar-refractivity contribution in [2.45, 2.75) is 36.8 Å². The number of rotatable bonds is 7. The van der Waals surface area contributed by atoms with E-state index < -0.39 is 28.2 Å². The second kappa shape index (κ2) is 10.4. The summed E-state index contributed by atoms with van der Waals surface area (Å²) in [6, 6.07) is 11.1. The van der Waals surface area contributed by atoms with E-state index in [-0.39, 0.29) is 38.6 Å². The minimum Gasteiger partial charge on any atom is -0.408 e. The van der Waals surface area contributed by atoms with E-state index in [0.717, 1.165) is 5.56 Å². The molecule has 1 saturated heterocycles. The number of aromatic amines is 1. The summed E-state index contributed by atoms with van der Waals surface area (Å²) >= 11 is 0. The van der Waals surface area contributed by atoms with Crippen LogP contribution in [0.2, 0.25) is 0 Å². The second-order valence-corrected chi connectivity index (χ2v) is 8.89. The molecule has 0 bridgehead atoms. The number of aliphatic hydroxyl groups is 1. The number of H-pyrrole nitrogens is 1. The Balaban J connectivity index is 0.00000171. The predicted molar refractivity (Wildman–Crippen MR) is 140 cm³/mol. The maximum absolute atomic E-state index is 13.5. The molecule has 2 atom stereocenters. The van der Waals surface area contributed by atoms with Crippen LogP contribution in [0, 0.1) is 10.1 Å². The van der Waals surface area contributed by atoms with Gasteiger partial charge in [0, 0.05) is 31.8 Å². The van der Waals surface area contributed by atoms with Crippen LogP contribution in [0.1, 0.15) is 36.4 Å². The van der Waals surface area contributed by atoms with Crippen molar-refractivity contribution in [3.63, 3.8) is 0 Å². The molecule has 10 nitrogen and oxygen atoms in total. The highest BCUT2D eigenvalue weighted by Gasteiger charge is 2.52. The Morgan fingerprint density at radius 1 is 1.29 bits per heavy atom. The number of carbonyl (C=O) groups excluding carboxylic acids is 1. The fraction of sp³-hybridized carbons (Fsp3) is 0.391. The van der Waals surface area contributed by atoms with Crippen LogP contribution in [0.4, 0.5) is 5.69 Å². The number of fused-ring (bicyclic) bond motifs is 1. The number of benzene rings is 2. The van der Waals surface area contributed by atoms with Crippen LogP contribution in [0.5, 0.6) is 0 Å². The molecule has 5 rings (SSSR count). The van der Waals surface area contributed by atoms with Gasteiger partial charge in [-0.15, -0.1) is 0 Å². The first-order valence-corrected chi connectivity index (χ1v) is 10.9. The molecule has 2 fully saturated rings. The SMILES string of the molecule is O=C(N[C@H](CN1CC[C@H](O)C1)c1cccc([N+](=O)[O-])c1)C1(c2ccc3oc(=O)[nH]c3c2)CC1.S.S. The predicted octanol–water partition coefficient (Wildman–Crippen LogP) is 2.21. The van der Waals surface area contributed by atoms with Gasteiger partial charge in [-0.05, 0) is 42.5 Å². The van der Waals surface area contributed by atoms with Crippen molar-refractivity contribution in [2.24, 2.45) is 0 Å². The molecule has 12 heteroatoms. The monoisotopic (exact) mass is 520 g/mol. The number of nitrogens with zero attached hydrogens (tertiary/aromatic N) is 2. The van der Waals surface area contributed by atoms with Crippen LogP contribution < -0.4 is 11.1 Å². The standard InChI is InChI=1S/C23H24N4O6.2H2S/c28-17-6-9-26(12-17)13-19(14-2-1-3-16(10-14)27(31)32)24-21(29)23(7-8-23)15-4-5-20-18(11-15)25-22(30)33-20;;/h1-5,10-11,17,19,28H,6-9,12-13H2,(H,24,29)(H,25,30);2*1H2/t17-,19+;;/m0../s1. The minimum absolute atomic E-state index is 0. The van der Waals surface area contributed by atoms with Gasteiger partial charge in [0.15, 0.2) is 5.58 Å². The molecule has 2 heterocycles. The highest BCUT2D eigenvalue weighted by molar-refractivity contribution is 7.59. The molecule has 2 aliphatic rings. The Hall–Kier alpha value is -2.80. The number of β-amino-alcohol motifs (C(OH)–C–C–N with tert-alkyl or cyclic N) is 1. The van der Waals surface area contributed by atoms with Crippen LogP contribution in [0.15, 0.2) is 51.7 Å². The number of likely N-dealkylation sites (tertiary alicyclic amines) is 1. The molecule has 0 unspecified atom stereocenters. The number of carbonyl (C=O) groups is 1. The normalized spacial score (nSPS) is 19.4. The lowest BCUT2D eigenvalue weighted by atomic mass is 9.93. The summed E-state index contributed by atoms with van der Waals surface area (Å²) in [5.74, 6) is -0.709. The third-order valence-electron chi connectivity index (χ3n) is 6.63. The summed E-state index contributed by atoms with van der Waals surface area (Å²) in [5, 5.41) is 24.3. The largest absolute Gasteiger partial charge is 0.417 e. The summed E-state index contributed by atoms with van der Waals surface area (Å²) < 4.78 is 5.06. The van der Waals surface area contributed by atoms with E-state index in [2.05, 4.69) is 15.2 Å². The number of non-ortho nitro benzene ring substituents is 1. The van der Waals surface area contributed by atoms with Crippen LogP contribution in [-0.2, 0) is 10.2 Å². The van der Waals surface area contributed by atoms with Crippen molar-refractivity contribution in [2.75, 3.05) is 19.6 Å². The van der Waals surface area contributed by atoms with Gasteiger partial charge in [0.1, 0.15) is 0 Å². The van der Waals surface area contributed by atoms with Gasteiger partial charge in [0.25, 0.3) is 5.69 Å². The third-order valence-corrected chi connectivity index (χ3v) is 6.63. The van der Waals surface area contributed by atoms with E-state index >= 15 is 0 Å². The Morgan fingerprint density at radius 2 is 2.06 bits per heavy atom. The number of nitro groups is 1. The molecule has 2 aromatic carbocycles. The quantitative estimate of drug-likeness (QED) is 0.320. The number of hydrogen-bond donors (Lipinski definition) is 3. The zero-order valence-corrected chi connectivity index (χ0v) is 20.8. The molecule has 0 radical (unpaired) electrons. The average molecular weight is 521 g/mol. The number of hydrogen-bond acceptors (Lipinski definition) is 7. The molecule has 1 aliphatic carbocycles. The van der Waals surface area contributed by atoms with Crippen LogP contribution in [0.25, 0.3) is 11.1 Å². The van der Waals surface area contributed by atoms with Crippen molar-refractivity contribution in [1.82, 2.24) is 15.2 Å². The van der Waals surface area contributed by atoms with Gasteiger partial charge in [0.2, 0.25) is 5.91 Å². The van der Waals surface area contributed by atoms with Crippen molar-refractivity contribution >= 4 is 49.7 Å². The van der Waals surface area contributed by atoms with E-state index in [0.29, 0.717) is 55.6 Å². The van der Waals surface area contributed by atoms with Gasteiger partial charge >= 0.3 is 5.76 Å². The highest BCUT2D eigenvalue weighted by atomic mass is 32.1. The Labute approximate surface area is 214 Å². The van der Waals surface area contributed by atoms with Gasteiger partial charge in [-0.1, -0.05) is 18.2 Å². The Morgan fingerprint density at radius 3 is 2.71 bits per heavy atom. The molecule has 1 saturated carbocycles. The number of aromatic nitrogens is 1. The lowest BCUT2D eigenvalue weighted by Gasteiger charge is -2.27. The van der Waals surface area contributed by atoms with E-state index in [1.54, 1.807) is 30.3 Å². The first-order chi connectivity index (χ1) is 15.8. The second-order valence-electron chi connectivity index (χ2n) is 8.89. The maximum atomic E-state index is 13.5. The van der Waals surface area contributed by atoms with Crippen molar-refractivity contribution in [3.05, 3.63) is 74.3 Å². The van der Waals surface area contributed by atoms with E-state index in [9.17, 15) is 24.8 Å². The highest BCUT2D eigenvalue weighted by Crippen LogP contribution is 2.49. The average Bonchev–Trinajstić information content (AvgIpc) is 3.38. The van der Waals surface area contributed by atoms with Gasteiger partial charge in [0.05, 0.1) is 28.0 Å². The zero-order valence-electron chi connectivity index (χ0n) is 18.8. The molecule has 188 valence electrons. The molecule has 3 N–H and O–H groups in total. The number of amides is 1. The van der Waals surface area contributed by atoms with Crippen molar-refractivity contribution in [1.29, 1.82) is 0 Å². The smallest absolute Gasteiger partial charge is 0.408 e. The van der Waals surface area contributed by atoms with Crippen LogP contribution >= 0.6 is 27.0 Å². The molecule has 35 heavy (non-hydrogen) atoms. The van der Waals surface area contributed by atoms with Gasteiger partial charge in [-0.3, -0.25) is 24.8 Å². The Kier molecular flexibility index (Phi) is 8.00. The number of nitrogens with one attached hydrogen (secondary N) is 2. The maximum Gasteiger partial charge on any atom is 0.417 e. The summed E-state index contributed by atoms with van der Waals surface area (Å²) in [7, 11) is 0. The van der Waals surface area contributed by atoms with Crippen molar-refractivity contribution < 1.29 is 19.2 Å². The third kappa shape index (κ3) is 5.40. The van der Waals surface area contributed by atoms with Crippen molar-refractivity contribution in [3.8, 4) is 0 Å². The first-order valence-electron chi connectivity index (χ1n) is 10.9. The molecule has 1 aromatic heterocycles. The summed E-state index contributed by atoms with van der Waals surface area (Å²) in [6.45, 7) is 1.63. The number of aliphatic hydroxyl groups excluding tert-OH is 1. The zero-order chi connectivity index (χ0) is 23.2. The molecular formula is C23H28N4O6S2. The van der Waals surface area contributed by atoms with E-state index in [4.69, 9.17) is 4.42 Å². The lowest BCUT2D eigenvalue weighted by molar-refractivity contribution is -0.384. The number of oxazole rings is 1. The van der Waals surface area contributed by atoms with Gasteiger partial charge in [-0.2, -0.15) is 27.0 Å². The molecule has 0 spiro atoms. The molecule has 1 amide bonds. The fourth-order valence-corrected chi connectivity index (χ4v) is 4.64. The summed E-state index contributed by atoms with van der Waals surface area (Å²) in [5.41, 5.74) is 1.65. The minimum atomic E-state index is -0.716.